The fraction of sp³-hybridized carbons (Fsp3) is 0.242. The van der Waals surface area contributed by atoms with E-state index in [1.165, 1.54) is 12.1 Å². The molecule has 0 saturated carbocycles. The third kappa shape index (κ3) is 9.25. The second kappa shape index (κ2) is 13.8. The number of Topliss-reactive ketones (excluding diaryl/α,β-unsaturated/α-hetero) is 1. The van der Waals surface area contributed by atoms with Gasteiger partial charge in [-0.2, -0.15) is 8.42 Å². The Bertz CT molecular complexity index is 1490. The number of carbonyl (C=O) groups is 1. The van der Waals surface area contributed by atoms with Crippen LogP contribution < -0.4 is 9.47 Å². The molecule has 0 aliphatic carbocycles. The van der Waals surface area contributed by atoms with Crippen LogP contribution in [0.5, 0.6) is 11.5 Å². The largest absolute Gasteiger partial charge is 0.489 e. The van der Waals surface area contributed by atoms with Gasteiger partial charge in [-0.15, -0.1) is 0 Å². The van der Waals surface area contributed by atoms with Crippen LogP contribution in [0.15, 0.2) is 109 Å². The summed E-state index contributed by atoms with van der Waals surface area (Å²) in [6, 6.07) is 33.1. The van der Waals surface area contributed by atoms with Gasteiger partial charge in [-0.1, -0.05) is 91.0 Å². The standard InChI is InChI=1S/C33H35NO7S/c1-33(2,3)34(22-25-13-7-4-8-14-25)32(41-42(36,37)38)31(35)28-19-29(39-23-26-15-9-5-10-16-26)21-30(20-28)40-24-27-17-11-6-12-18-27/h4-21,32H,22-24H2,1-3H3,(H,36,37,38). The first kappa shape index (κ1) is 30.9. The SMILES string of the molecule is CC(C)(C)N(Cc1ccccc1)C(OS(=O)(=O)O)C(=O)c1cc(OCc2ccccc2)cc(OCc2ccccc2)c1. The van der Waals surface area contributed by atoms with Crippen molar-refractivity contribution in [3.05, 3.63) is 131 Å². The van der Waals surface area contributed by atoms with Crippen LogP contribution in [0.4, 0.5) is 0 Å². The number of ether oxygens (including phenoxy) is 2. The highest BCUT2D eigenvalue weighted by Crippen LogP contribution is 2.29. The van der Waals surface area contributed by atoms with Crippen molar-refractivity contribution in [3.8, 4) is 11.5 Å². The van der Waals surface area contributed by atoms with E-state index in [4.69, 9.17) is 13.7 Å². The van der Waals surface area contributed by atoms with Crippen molar-refractivity contribution in [3.63, 3.8) is 0 Å². The molecule has 4 rings (SSSR count). The van der Waals surface area contributed by atoms with Crippen LogP contribution >= 0.6 is 0 Å². The van der Waals surface area contributed by atoms with Gasteiger partial charge in [0.15, 0.2) is 6.23 Å². The summed E-state index contributed by atoms with van der Waals surface area (Å²) in [7, 11) is -5.01. The average molecular weight is 590 g/mol. The molecule has 0 aliphatic rings. The maximum Gasteiger partial charge on any atom is 0.399 e. The molecule has 9 heteroatoms. The Morgan fingerprint density at radius 3 is 1.57 bits per heavy atom. The van der Waals surface area contributed by atoms with Gasteiger partial charge in [-0.05, 0) is 49.6 Å². The van der Waals surface area contributed by atoms with E-state index in [1.807, 2.05) is 112 Å². The lowest BCUT2D eigenvalue weighted by atomic mass is 10.0. The summed E-state index contributed by atoms with van der Waals surface area (Å²) >= 11 is 0. The van der Waals surface area contributed by atoms with Gasteiger partial charge in [0.05, 0.1) is 0 Å². The van der Waals surface area contributed by atoms with Crippen LogP contribution in [-0.4, -0.2) is 35.4 Å². The minimum atomic E-state index is -5.01. The molecule has 0 heterocycles. The van der Waals surface area contributed by atoms with Crippen LogP contribution in [0.25, 0.3) is 0 Å². The maximum absolute atomic E-state index is 14.1. The summed E-state index contributed by atoms with van der Waals surface area (Å²) in [5, 5.41) is 0. The van der Waals surface area contributed by atoms with Crippen LogP contribution in [0.1, 0.15) is 47.8 Å². The topological polar surface area (TPSA) is 102 Å². The second-order valence-corrected chi connectivity index (χ2v) is 11.8. The highest BCUT2D eigenvalue weighted by atomic mass is 32.3. The van der Waals surface area contributed by atoms with Crippen molar-refractivity contribution in [1.82, 2.24) is 4.90 Å². The predicted molar refractivity (Wildman–Crippen MR) is 160 cm³/mol. The molecule has 0 radical (unpaired) electrons. The Morgan fingerprint density at radius 2 is 1.17 bits per heavy atom. The minimum absolute atomic E-state index is 0.0968. The zero-order valence-corrected chi connectivity index (χ0v) is 24.7. The number of carbonyl (C=O) groups excluding carboxylic acids is 1. The highest BCUT2D eigenvalue weighted by Gasteiger charge is 2.38. The molecule has 220 valence electrons. The van der Waals surface area contributed by atoms with Crippen molar-refractivity contribution in [2.75, 3.05) is 0 Å². The first-order valence-electron chi connectivity index (χ1n) is 13.5. The van der Waals surface area contributed by atoms with E-state index >= 15 is 0 Å². The molecule has 4 aromatic carbocycles. The minimum Gasteiger partial charge on any atom is -0.489 e. The zero-order valence-electron chi connectivity index (χ0n) is 23.8. The monoisotopic (exact) mass is 589 g/mol. The van der Waals surface area contributed by atoms with E-state index < -0.39 is 27.9 Å². The second-order valence-electron chi connectivity index (χ2n) is 10.8. The van der Waals surface area contributed by atoms with Crippen molar-refractivity contribution in [2.45, 2.75) is 52.3 Å². The molecule has 0 saturated heterocycles. The van der Waals surface area contributed by atoms with Gasteiger partial charge >= 0.3 is 10.4 Å². The summed E-state index contributed by atoms with van der Waals surface area (Å²) in [4.78, 5) is 15.7. The van der Waals surface area contributed by atoms with Crippen LogP contribution in [0, 0.1) is 0 Å². The lowest BCUT2D eigenvalue weighted by Gasteiger charge is -2.39. The van der Waals surface area contributed by atoms with E-state index in [2.05, 4.69) is 0 Å². The van der Waals surface area contributed by atoms with Gasteiger partial charge in [0.25, 0.3) is 0 Å². The fourth-order valence-electron chi connectivity index (χ4n) is 4.31. The van der Waals surface area contributed by atoms with Gasteiger partial charge < -0.3 is 9.47 Å². The van der Waals surface area contributed by atoms with Crippen LogP contribution in [0.2, 0.25) is 0 Å². The number of ketones is 1. The van der Waals surface area contributed by atoms with E-state index in [9.17, 15) is 17.8 Å². The Balaban J connectivity index is 1.71. The molecular formula is C33H35NO7S. The third-order valence-corrected chi connectivity index (χ3v) is 6.86. The van der Waals surface area contributed by atoms with E-state index in [0.717, 1.165) is 16.7 Å². The molecule has 1 N–H and O–H groups in total. The Kier molecular flexibility index (Phi) is 10.1. The van der Waals surface area contributed by atoms with E-state index in [0.29, 0.717) is 11.5 Å². The average Bonchev–Trinajstić information content (AvgIpc) is 2.97. The first-order chi connectivity index (χ1) is 20.0. The fourth-order valence-corrected chi connectivity index (χ4v) is 4.73. The van der Waals surface area contributed by atoms with Crippen molar-refractivity contribution < 1.29 is 31.4 Å². The lowest BCUT2D eigenvalue weighted by Crippen LogP contribution is -2.52. The summed E-state index contributed by atoms with van der Waals surface area (Å²) in [6.45, 7) is 6.15. The van der Waals surface area contributed by atoms with Crippen molar-refractivity contribution >= 4 is 16.2 Å². The molecular weight excluding hydrogens is 554 g/mol. The van der Waals surface area contributed by atoms with Gasteiger partial charge in [0.1, 0.15) is 24.7 Å². The number of hydrogen-bond acceptors (Lipinski definition) is 7. The number of benzene rings is 4. The quantitative estimate of drug-likeness (QED) is 0.108. The molecule has 4 aromatic rings. The van der Waals surface area contributed by atoms with Crippen molar-refractivity contribution in [1.29, 1.82) is 0 Å². The van der Waals surface area contributed by atoms with Crippen LogP contribution in [-0.2, 0) is 34.3 Å². The Hall–Kier alpha value is -4.02. The number of nitrogens with zero attached hydrogens (tertiary/aromatic N) is 1. The highest BCUT2D eigenvalue weighted by molar-refractivity contribution is 7.80. The van der Waals surface area contributed by atoms with Gasteiger partial charge in [0.2, 0.25) is 5.78 Å². The van der Waals surface area contributed by atoms with Gasteiger partial charge in [-0.3, -0.25) is 14.2 Å². The van der Waals surface area contributed by atoms with Gasteiger partial charge in [0, 0.05) is 23.7 Å². The Morgan fingerprint density at radius 1 is 0.738 bits per heavy atom. The van der Waals surface area contributed by atoms with Gasteiger partial charge in [-0.25, -0.2) is 4.18 Å². The first-order valence-corrected chi connectivity index (χ1v) is 14.8. The Labute approximate surface area is 247 Å². The lowest BCUT2D eigenvalue weighted by molar-refractivity contribution is -0.0263. The molecule has 0 aromatic heterocycles. The molecule has 8 nitrogen and oxygen atoms in total. The number of rotatable bonds is 13. The maximum atomic E-state index is 14.1. The van der Waals surface area contributed by atoms with Crippen LogP contribution in [0.3, 0.4) is 0 Å². The molecule has 0 aliphatic heterocycles. The number of hydrogen-bond donors (Lipinski definition) is 1. The molecule has 0 fully saturated rings. The third-order valence-electron chi connectivity index (χ3n) is 6.44. The predicted octanol–water partition coefficient (Wildman–Crippen LogP) is 6.47. The summed E-state index contributed by atoms with van der Waals surface area (Å²) in [5.74, 6) is 0.0145. The summed E-state index contributed by atoms with van der Waals surface area (Å²) in [6.07, 6.45) is -1.67. The summed E-state index contributed by atoms with van der Waals surface area (Å²) in [5.41, 5.74) is 2.04. The molecule has 0 spiro atoms. The van der Waals surface area contributed by atoms with E-state index in [1.54, 1.807) is 11.0 Å². The van der Waals surface area contributed by atoms with E-state index in [-0.39, 0.29) is 25.3 Å². The molecule has 0 bridgehead atoms. The normalized spacial score (nSPS) is 12.6. The smallest absolute Gasteiger partial charge is 0.399 e. The van der Waals surface area contributed by atoms with Crippen molar-refractivity contribution in [2.24, 2.45) is 0 Å². The molecule has 1 atom stereocenters. The zero-order chi connectivity index (χ0) is 30.2. The molecule has 1 unspecified atom stereocenters. The summed E-state index contributed by atoms with van der Waals surface area (Å²) < 4.78 is 50.9. The molecule has 0 amide bonds. The molecule has 42 heavy (non-hydrogen) atoms.